The van der Waals surface area contributed by atoms with Crippen molar-refractivity contribution >= 4 is 0 Å². The number of halogens is 3. The van der Waals surface area contributed by atoms with Gasteiger partial charge in [0, 0.05) is 12.6 Å². The molecule has 1 fully saturated rings. The van der Waals surface area contributed by atoms with Crippen molar-refractivity contribution in [1.29, 1.82) is 0 Å². The molecule has 2 rings (SSSR count). The molecule has 0 bridgehead atoms. The molecule has 1 aromatic carbocycles. The van der Waals surface area contributed by atoms with Gasteiger partial charge in [-0.2, -0.15) is 0 Å². The van der Waals surface area contributed by atoms with Gasteiger partial charge in [-0.15, -0.1) is 0 Å². The fraction of sp³-hybridized carbons (Fsp3) is 0.500. The number of likely N-dealkylation sites (tertiary alicyclic amines) is 1. The van der Waals surface area contributed by atoms with Crippen LogP contribution < -0.4 is 0 Å². The van der Waals surface area contributed by atoms with Crippen LogP contribution in [-0.2, 0) is 6.54 Å². The number of hydrogen-bond donors (Lipinski definition) is 1. The van der Waals surface area contributed by atoms with E-state index in [1.54, 1.807) is 0 Å². The summed E-state index contributed by atoms with van der Waals surface area (Å²) >= 11 is 0. The maximum absolute atomic E-state index is 13.0. The first-order valence-corrected chi connectivity index (χ1v) is 5.60. The average Bonchev–Trinajstić information content (AvgIpc) is 2.73. The zero-order valence-electron chi connectivity index (χ0n) is 9.30. The van der Waals surface area contributed by atoms with Crippen LogP contribution in [0.15, 0.2) is 12.1 Å². The molecule has 1 aliphatic rings. The minimum Gasteiger partial charge on any atom is -0.395 e. The number of rotatable bonds is 3. The van der Waals surface area contributed by atoms with Gasteiger partial charge in [0.2, 0.25) is 0 Å². The molecule has 1 heterocycles. The van der Waals surface area contributed by atoms with E-state index >= 15 is 0 Å². The number of nitrogens with zero attached hydrogens (tertiary/aromatic N) is 1. The normalized spacial score (nSPS) is 21.1. The molecule has 0 radical (unpaired) electrons. The van der Waals surface area contributed by atoms with Crippen molar-refractivity contribution in [2.75, 3.05) is 13.2 Å². The van der Waals surface area contributed by atoms with Gasteiger partial charge in [0.05, 0.1) is 6.61 Å². The van der Waals surface area contributed by atoms with E-state index in [0.29, 0.717) is 12.1 Å². The molecule has 1 atom stereocenters. The van der Waals surface area contributed by atoms with Crippen LogP contribution in [0.2, 0.25) is 0 Å². The van der Waals surface area contributed by atoms with E-state index in [-0.39, 0.29) is 12.6 Å². The molecular formula is C12H14F3NO. The fourth-order valence-electron chi connectivity index (χ4n) is 2.24. The maximum Gasteiger partial charge on any atom is 0.194 e. The zero-order valence-corrected chi connectivity index (χ0v) is 9.30. The lowest BCUT2D eigenvalue weighted by molar-refractivity contribution is 0.153. The van der Waals surface area contributed by atoms with E-state index in [0.717, 1.165) is 31.5 Å². The molecule has 0 aromatic heterocycles. The number of hydrogen-bond acceptors (Lipinski definition) is 2. The van der Waals surface area contributed by atoms with E-state index in [4.69, 9.17) is 5.11 Å². The van der Waals surface area contributed by atoms with E-state index in [1.807, 2.05) is 4.90 Å². The maximum atomic E-state index is 13.0. The highest BCUT2D eigenvalue weighted by atomic mass is 19.2. The Kier molecular flexibility index (Phi) is 3.69. The van der Waals surface area contributed by atoms with Crippen LogP contribution in [0, 0.1) is 17.5 Å². The van der Waals surface area contributed by atoms with Crippen LogP contribution >= 0.6 is 0 Å². The van der Waals surface area contributed by atoms with Crippen molar-refractivity contribution < 1.29 is 18.3 Å². The molecule has 0 saturated carbocycles. The zero-order chi connectivity index (χ0) is 12.4. The van der Waals surface area contributed by atoms with Gasteiger partial charge in [-0.1, -0.05) is 0 Å². The summed E-state index contributed by atoms with van der Waals surface area (Å²) in [5, 5.41) is 9.12. The number of benzene rings is 1. The monoisotopic (exact) mass is 245 g/mol. The van der Waals surface area contributed by atoms with Crippen molar-refractivity contribution in [1.82, 2.24) is 4.90 Å². The molecule has 0 amide bonds. The fourth-order valence-corrected chi connectivity index (χ4v) is 2.24. The molecule has 17 heavy (non-hydrogen) atoms. The molecule has 5 heteroatoms. The Morgan fingerprint density at radius 1 is 1.24 bits per heavy atom. The SMILES string of the molecule is OC[C@H]1CCCN1Cc1cc(F)c(F)c(F)c1. The summed E-state index contributed by atoms with van der Waals surface area (Å²) in [6.07, 6.45) is 1.83. The van der Waals surface area contributed by atoms with Crippen LogP contribution in [0.4, 0.5) is 13.2 Å². The van der Waals surface area contributed by atoms with E-state index in [1.165, 1.54) is 0 Å². The summed E-state index contributed by atoms with van der Waals surface area (Å²) in [6, 6.07) is 2.04. The highest BCUT2D eigenvalue weighted by molar-refractivity contribution is 5.19. The lowest BCUT2D eigenvalue weighted by Gasteiger charge is -2.22. The van der Waals surface area contributed by atoms with Crippen LogP contribution in [0.3, 0.4) is 0 Å². The first-order chi connectivity index (χ1) is 8.11. The topological polar surface area (TPSA) is 23.5 Å². The average molecular weight is 245 g/mol. The summed E-state index contributed by atoms with van der Waals surface area (Å²) in [7, 11) is 0. The summed E-state index contributed by atoms with van der Waals surface area (Å²) in [5.41, 5.74) is 0.391. The molecular weight excluding hydrogens is 231 g/mol. The van der Waals surface area contributed by atoms with Gasteiger partial charge in [0.15, 0.2) is 17.5 Å². The minimum absolute atomic E-state index is 0.0335. The highest BCUT2D eigenvalue weighted by Gasteiger charge is 2.24. The molecule has 1 aromatic rings. The van der Waals surface area contributed by atoms with E-state index in [9.17, 15) is 13.2 Å². The second-order valence-corrected chi connectivity index (χ2v) is 4.32. The second kappa shape index (κ2) is 5.06. The van der Waals surface area contributed by atoms with Crippen LogP contribution in [0.25, 0.3) is 0 Å². The lowest BCUT2D eigenvalue weighted by Crippen LogP contribution is -2.31. The molecule has 2 nitrogen and oxygen atoms in total. The van der Waals surface area contributed by atoms with Crippen LogP contribution in [-0.4, -0.2) is 29.2 Å². The van der Waals surface area contributed by atoms with Gasteiger partial charge in [0.1, 0.15) is 0 Å². The quantitative estimate of drug-likeness (QED) is 0.824. The van der Waals surface area contributed by atoms with Gasteiger partial charge >= 0.3 is 0 Å². The van der Waals surface area contributed by atoms with Gasteiger partial charge in [0.25, 0.3) is 0 Å². The summed E-state index contributed by atoms with van der Waals surface area (Å²) < 4.78 is 38.8. The van der Waals surface area contributed by atoms with Crippen molar-refractivity contribution in [2.45, 2.75) is 25.4 Å². The Labute approximate surface area is 97.7 Å². The Morgan fingerprint density at radius 2 is 1.88 bits per heavy atom. The molecule has 1 aliphatic heterocycles. The largest absolute Gasteiger partial charge is 0.395 e. The molecule has 1 N–H and O–H groups in total. The molecule has 0 unspecified atom stereocenters. The highest BCUT2D eigenvalue weighted by Crippen LogP contribution is 2.21. The van der Waals surface area contributed by atoms with E-state index < -0.39 is 17.5 Å². The van der Waals surface area contributed by atoms with Crippen molar-refractivity contribution in [2.24, 2.45) is 0 Å². The third kappa shape index (κ3) is 2.61. The molecule has 0 spiro atoms. The van der Waals surface area contributed by atoms with Gasteiger partial charge in [-0.25, -0.2) is 13.2 Å². The van der Waals surface area contributed by atoms with Crippen LogP contribution in [0.5, 0.6) is 0 Å². The van der Waals surface area contributed by atoms with Crippen molar-refractivity contribution in [3.8, 4) is 0 Å². The third-order valence-electron chi connectivity index (χ3n) is 3.14. The third-order valence-corrected chi connectivity index (χ3v) is 3.14. The van der Waals surface area contributed by atoms with Crippen LogP contribution in [0.1, 0.15) is 18.4 Å². The summed E-state index contributed by atoms with van der Waals surface area (Å²) in [5.74, 6) is -3.77. The van der Waals surface area contributed by atoms with Gasteiger partial charge in [-0.05, 0) is 37.1 Å². The number of aliphatic hydroxyl groups excluding tert-OH is 1. The Morgan fingerprint density at radius 3 is 2.47 bits per heavy atom. The standard InChI is InChI=1S/C12H14F3NO/c13-10-4-8(5-11(14)12(10)15)6-16-3-1-2-9(16)7-17/h4-5,9,17H,1-3,6-7H2/t9-/m1/s1. The van der Waals surface area contributed by atoms with Crippen molar-refractivity contribution in [3.63, 3.8) is 0 Å². The molecule has 94 valence electrons. The number of aliphatic hydroxyl groups is 1. The predicted molar refractivity (Wildman–Crippen MR) is 56.8 cm³/mol. The summed E-state index contributed by atoms with van der Waals surface area (Å²) in [6.45, 7) is 1.15. The Bertz CT molecular complexity index is 388. The van der Waals surface area contributed by atoms with E-state index in [2.05, 4.69) is 0 Å². The van der Waals surface area contributed by atoms with Gasteiger partial charge in [-0.3, -0.25) is 4.90 Å². The first-order valence-electron chi connectivity index (χ1n) is 5.60. The minimum atomic E-state index is -1.44. The Balaban J connectivity index is 2.13. The lowest BCUT2D eigenvalue weighted by atomic mass is 10.1. The smallest absolute Gasteiger partial charge is 0.194 e. The van der Waals surface area contributed by atoms with Crippen molar-refractivity contribution in [3.05, 3.63) is 35.1 Å². The second-order valence-electron chi connectivity index (χ2n) is 4.32. The first kappa shape index (κ1) is 12.4. The Hall–Kier alpha value is -1.07. The summed E-state index contributed by atoms with van der Waals surface area (Å²) in [4.78, 5) is 1.95. The molecule has 0 aliphatic carbocycles. The molecule has 1 saturated heterocycles. The predicted octanol–water partition coefficient (Wildman–Crippen LogP) is 2.06. The van der Waals surface area contributed by atoms with Gasteiger partial charge < -0.3 is 5.11 Å².